The van der Waals surface area contributed by atoms with E-state index in [1.54, 1.807) is 4.90 Å². The standard InChI is InChI=1S/C13H23NO4S/c1-12(2,3)18-11(16)14-7-5-13(4,6-8-14)17-10(15)9-19/h19H,5-9H2,1-4H3. The van der Waals surface area contributed by atoms with Gasteiger partial charge in [-0.25, -0.2) is 4.79 Å². The third kappa shape index (κ3) is 5.30. The predicted molar refractivity (Wildman–Crippen MR) is 75.4 cm³/mol. The smallest absolute Gasteiger partial charge is 0.410 e. The third-order valence-electron chi connectivity index (χ3n) is 2.96. The van der Waals surface area contributed by atoms with Gasteiger partial charge in [0.05, 0.1) is 5.75 Å². The number of piperidine rings is 1. The largest absolute Gasteiger partial charge is 0.459 e. The Kier molecular flexibility index (Phi) is 5.12. The summed E-state index contributed by atoms with van der Waals surface area (Å²) in [6, 6.07) is 0. The molecule has 0 radical (unpaired) electrons. The molecule has 1 rings (SSSR count). The molecule has 110 valence electrons. The highest BCUT2D eigenvalue weighted by Crippen LogP contribution is 2.27. The van der Waals surface area contributed by atoms with Gasteiger partial charge in [0.2, 0.25) is 0 Å². The number of hydrogen-bond donors (Lipinski definition) is 1. The van der Waals surface area contributed by atoms with Gasteiger partial charge >= 0.3 is 12.1 Å². The van der Waals surface area contributed by atoms with Gasteiger partial charge in [0, 0.05) is 25.9 Å². The number of esters is 1. The Balaban J connectivity index is 2.48. The van der Waals surface area contributed by atoms with Crippen LogP contribution in [0.3, 0.4) is 0 Å². The maximum atomic E-state index is 11.9. The van der Waals surface area contributed by atoms with Crippen molar-refractivity contribution in [3.63, 3.8) is 0 Å². The van der Waals surface area contributed by atoms with Gasteiger partial charge in [-0.15, -0.1) is 0 Å². The SMILES string of the molecule is CC(C)(C)OC(=O)N1CCC(C)(OC(=O)CS)CC1. The normalized spacial score (nSPS) is 18.9. The summed E-state index contributed by atoms with van der Waals surface area (Å²) < 4.78 is 10.7. The number of thiol groups is 1. The fraction of sp³-hybridized carbons (Fsp3) is 0.846. The second-order valence-electron chi connectivity index (χ2n) is 6.05. The van der Waals surface area contributed by atoms with Crippen LogP contribution in [0.1, 0.15) is 40.5 Å². The number of likely N-dealkylation sites (tertiary alicyclic amines) is 1. The van der Waals surface area contributed by atoms with Gasteiger partial charge in [0.25, 0.3) is 0 Å². The average Bonchev–Trinajstić information content (AvgIpc) is 2.26. The van der Waals surface area contributed by atoms with Crippen molar-refractivity contribution in [2.45, 2.75) is 51.7 Å². The van der Waals surface area contributed by atoms with Crippen LogP contribution in [0, 0.1) is 0 Å². The highest BCUT2D eigenvalue weighted by Gasteiger charge is 2.36. The zero-order chi connectivity index (χ0) is 14.7. The summed E-state index contributed by atoms with van der Waals surface area (Å²) >= 11 is 3.89. The lowest BCUT2D eigenvalue weighted by molar-refractivity contribution is -0.158. The van der Waals surface area contributed by atoms with E-state index in [2.05, 4.69) is 12.6 Å². The Morgan fingerprint density at radius 3 is 2.21 bits per heavy atom. The van der Waals surface area contributed by atoms with Crippen molar-refractivity contribution in [3.8, 4) is 0 Å². The number of rotatable bonds is 2. The van der Waals surface area contributed by atoms with Crippen molar-refractivity contribution < 1.29 is 19.1 Å². The molecule has 0 aliphatic carbocycles. The number of hydrogen-bond acceptors (Lipinski definition) is 5. The average molecular weight is 289 g/mol. The fourth-order valence-corrected chi connectivity index (χ4v) is 1.96. The molecule has 0 spiro atoms. The van der Waals surface area contributed by atoms with E-state index in [1.165, 1.54) is 0 Å². The van der Waals surface area contributed by atoms with Crippen LogP contribution in [0.5, 0.6) is 0 Å². The van der Waals surface area contributed by atoms with Crippen molar-refractivity contribution in [2.75, 3.05) is 18.8 Å². The van der Waals surface area contributed by atoms with Gasteiger partial charge in [0.15, 0.2) is 0 Å². The maximum absolute atomic E-state index is 11.9. The van der Waals surface area contributed by atoms with E-state index in [9.17, 15) is 9.59 Å². The topological polar surface area (TPSA) is 55.8 Å². The maximum Gasteiger partial charge on any atom is 0.410 e. The highest BCUT2D eigenvalue weighted by molar-refractivity contribution is 7.81. The van der Waals surface area contributed by atoms with E-state index < -0.39 is 11.2 Å². The van der Waals surface area contributed by atoms with E-state index >= 15 is 0 Å². The molecule has 1 fully saturated rings. The number of ether oxygens (including phenoxy) is 2. The number of amides is 1. The summed E-state index contributed by atoms with van der Waals surface area (Å²) in [7, 11) is 0. The van der Waals surface area contributed by atoms with E-state index in [1.807, 2.05) is 27.7 Å². The number of nitrogens with zero attached hydrogens (tertiary/aromatic N) is 1. The van der Waals surface area contributed by atoms with E-state index in [-0.39, 0.29) is 17.8 Å². The molecule has 0 N–H and O–H groups in total. The molecule has 1 amide bonds. The summed E-state index contributed by atoms with van der Waals surface area (Å²) in [4.78, 5) is 24.8. The molecule has 1 aliphatic heterocycles. The van der Waals surface area contributed by atoms with Crippen molar-refractivity contribution in [1.82, 2.24) is 4.90 Å². The molecule has 0 aromatic rings. The molecule has 0 aromatic carbocycles. The van der Waals surface area contributed by atoms with Gasteiger partial charge in [0.1, 0.15) is 11.2 Å². The van der Waals surface area contributed by atoms with Crippen LogP contribution in [0.4, 0.5) is 4.79 Å². The molecule has 0 aromatic heterocycles. The molecule has 0 atom stereocenters. The molecule has 5 nitrogen and oxygen atoms in total. The first kappa shape index (κ1) is 16.1. The Hall–Kier alpha value is -0.910. The Morgan fingerprint density at radius 1 is 1.26 bits per heavy atom. The zero-order valence-electron chi connectivity index (χ0n) is 12.1. The molecule has 19 heavy (non-hydrogen) atoms. The van der Waals surface area contributed by atoms with Crippen molar-refractivity contribution in [2.24, 2.45) is 0 Å². The molecule has 0 unspecified atom stereocenters. The summed E-state index contributed by atoms with van der Waals surface area (Å²) in [6.07, 6.45) is 0.924. The van der Waals surface area contributed by atoms with Crippen LogP contribution in [0.25, 0.3) is 0 Å². The Morgan fingerprint density at radius 2 is 1.79 bits per heavy atom. The molecular formula is C13H23NO4S. The van der Waals surface area contributed by atoms with Crippen molar-refractivity contribution >= 4 is 24.7 Å². The Bertz CT molecular complexity index is 343. The number of carbonyl (C=O) groups excluding carboxylic acids is 2. The predicted octanol–water partition coefficient (Wildman–Crippen LogP) is 2.25. The minimum Gasteiger partial charge on any atom is -0.459 e. The quantitative estimate of drug-likeness (QED) is 0.626. The molecule has 1 aliphatic rings. The molecule has 1 heterocycles. The first-order valence-electron chi connectivity index (χ1n) is 6.46. The van der Waals surface area contributed by atoms with Crippen LogP contribution in [-0.2, 0) is 14.3 Å². The first-order chi connectivity index (χ1) is 8.65. The Labute approximate surface area is 120 Å². The minimum absolute atomic E-state index is 0.0748. The second kappa shape index (κ2) is 6.03. The van der Waals surface area contributed by atoms with Gasteiger partial charge < -0.3 is 14.4 Å². The van der Waals surface area contributed by atoms with Crippen LogP contribution < -0.4 is 0 Å². The summed E-state index contributed by atoms with van der Waals surface area (Å²) in [5.74, 6) is -0.248. The van der Waals surface area contributed by atoms with E-state index in [4.69, 9.17) is 9.47 Å². The van der Waals surface area contributed by atoms with Crippen LogP contribution in [0.15, 0.2) is 0 Å². The molecule has 6 heteroatoms. The fourth-order valence-electron chi connectivity index (χ4n) is 1.90. The zero-order valence-corrected chi connectivity index (χ0v) is 13.0. The summed E-state index contributed by atoms with van der Waals surface area (Å²) in [5, 5.41) is 0. The lowest BCUT2D eigenvalue weighted by Gasteiger charge is -2.39. The molecule has 0 bridgehead atoms. The van der Waals surface area contributed by atoms with Crippen molar-refractivity contribution in [1.29, 1.82) is 0 Å². The van der Waals surface area contributed by atoms with Crippen LogP contribution in [0.2, 0.25) is 0 Å². The molecular weight excluding hydrogens is 266 g/mol. The molecule has 1 saturated heterocycles. The van der Waals surface area contributed by atoms with Gasteiger partial charge in [-0.05, 0) is 27.7 Å². The van der Waals surface area contributed by atoms with Gasteiger partial charge in [-0.1, -0.05) is 0 Å². The van der Waals surface area contributed by atoms with Crippen LogP contribution >= 0.6 is 12.6 Å². The lowest BCUT2D eigenvalue weighted by Crippen LogP contribution is -2.48. The summed E-state index contributed by atoms with van der Waals surface area (Å²) in [5.41, 5.74) is -0.991. The van der Waals surface area contributed by atoms with Crippen LogP contribution in [-0.4, -0.2) is 47.0 Å². The monoisotopic (exact) mass is 289 g/mol. The highest BCUT2D eigenvalue weighted by atomic mass is 32.1. The van der Waals surface area contributed by atoms with Gasteiger partial charge in [-0.2, -0.15) is 12.6 Å². The van der Waals surface area contributed by atoms with Crippen molar-refractivity contribution in [3.05, 3.63) is 0 Å². The van der Waals surface area contributed by atoms with E-state index in [0.717, 1.165) is 0 Å². The number of carbonyl (C=O) groups is 2. The first-order valence-corrected chi connectivity index (χ1v) is 7.09. The summed E-state index contributed by atoms with van der Waals surface area (Å²) in [6.45, 7) is 8.48. The second-order valence-corrected chi connectivity index (χ2v) is 6.37. The third-order valence-corrected chi connectivity index (χ3v) is 3.22. The lowest BCUT2D eigenvalue weighted by atomic mass is 9.93. The molecule has 0 saturated carbocycles. The van der Waals surface area contributed by atoms with Gasteiger partial charge in [-0.3, -0.25) is 4.79 Å². The van der Waals surface area contributed by atoms with E-state index in [0.29, 0.717) is 25.9 Å². The minimum atomic E-state index is -0.502.